The van der Waals surface area contributed by atoms with Gasteiger partial charge in [-0.15, -0.1) is 0 Å². The van der Waals surface area contributed by atoms with E-state index >= 15 is 0 Å². The molecule has 2 aromatic rings. The summed E-state index contributed by atoms with van der Waals surface area (Å²) >= 11 is 0. The number of amides is 1. The summed E-state index contributed by atoms with van der Waals surface area (Å²) in [5, 5.41) is 9.01. The summed E-state index contributed by atoms with van der Waals surface area (Å²) in [6.45, 7) is 6.13. The second-order valence-electron chi connectivity index (χ2n) is 12.2. The van der Waals surface area contributed by atoms with Crippen molar-refractivity contribution in [1.29, 1.82) is 0 Å². The van der Waals surface area contributed by atoms with Crippen molar-refractivity contribution in [2.45, 2.75) is 70.9 Å². The number of esters is 2. The topological polar surface area (TPSA) is 163 Å². The zero-order chi connectivity index (χ0) is 35.4. The fourth-order valence-electron chi connectivity index (χ4n) is 5.42. The third-order valence-electron chi connectivity index (χ3n) is 8.06. The molecule has 0 unspecified atom stereocenters. The summed E-state index contributed by atoms with van der Waals surface area (Å²) in [4.78, 5) is 76.7. The lowest BCUT2D eigenvalue weighted by Crippen LogP contribution is -2.53. The minimum Gasteiger partial charge on any atom is -0.493 e. The van der Waals surface area contributed by atoms with Crippen molar-refractivity contribution in [3.8, 4) is 11.5 Å². The number of carboxylic acid groups (broad SMARTS) is 1. The van der Waals surface area contributed by atoms with E-state index in [2.05, 4.69) is 6.58 Å². The molecule has 258 valence electrons. The van der Waals surface area contributed by atoms with Crippen LogP contribution in [-0.2, 0) is 51.1 Å². The number of aliphatic carboxylic acids is 1. The van der Waals surface area contributed by atoms with Crippen LogP contribution in [0.4, 0.5) is 0 Å². The summed E-state index contributed by atoms with van der Waals surface area (Å²) in [5.41, 5.74) is 0.674. The smallest absolute Gasteiger partial charge is 0.330 e. The van der Waals surface area contributed by atoms with Crippen LogP contribution in [0.15, 0.2) is 55.1 Å². The van der Waals surface area contributed by atoms with Crippen LogP contribution in [0, 0.1) is 5.41 Å². The van der Waals surface area contributed by atoms with Crippen molar-refractivity contribution in [2.75, 3.05) is 27.4 Å². The van der Waals surface area contributed by atoms with Crippen LogP contribution in [0.1, 0.15) is 68.7 Å². The van der Waals surface area contributed by atoms with Gasteiger partial charge in [0.2, 0.25) is 5.78 Å². The maximum absolute atomic E-state index is 13.8. The van der Waals surface area contributed by atoms with Crippen molar-refractivity contribution in [3.05, 3.63) is 71.8 Å². The summed E-state index contributed by atoms with van der Waals surface area (Å²) in [7, 11) is 3.06. The average Bonchev–Trinajstić information content (AvgIpc) is 3.07. The number of carbonyl (C=O) groups is 6. The van der Waals surface area contributed by atoms with E-state index in [0.29, 0.717) is 48.3 Å². The van der Waals surface area contributed by atoms with Crippen LogP contribution in [0.5, 0.6) is 11.5 Å². The number of piperidine rings is 1. The molecule has 1 amide bonds. The number of carbonyl (C=O) groups excluding carboxylic acids is 5. The van der Waals surface area contributed by atoms with Gasteiger partial charge in [0.15, 0.2) is 11.5 Å². The Balaban J connectivity index is 1.87. The highest BCUT2D eigenvalue weighted by atomic mass is 16.5. The van der Waals surface area contributed by atoms with E-state index in [-0.39, 0.29) is 26.0 Å². The molecule has 0 aromatic heterocycles. The first-order chi connectivity index (χ1) is 22.8. The molecule has 12 heteroatoms. The molecule has 2 aromatic carbocycles. The Morgan fingerprint density at radius 3 is 2.40 bits per heavy atom. The number of benzene rings is 2. The van der Waals surface area contributed by atoms with Crippen LogP contribution >= 0.6 is 0 Å². The maximum Gasteiger partial charge on any atom is 0.330 e. The van der Waals surface area contributed by atoms with Gasteiger partial charge in [0.1, 0.15) is 31.0 Å². The Morgan fingerprint density at radius 1 is 1.00 bits per heavy atom. The van der Waals surface area contributed by atoms with E-state index in [1.54, 1.807) is 30.3 Å². The lowest BCUT2D eigenvalue weighted by molar-refractivity contribution is -0.165. The predicted octanol–water partition coefficient (Wildman–Crippen LogP) is 4.21. The van der Waals surface area contributed by atoms with Crippen LogP contribution < -0.4 is 9.47 Å². The van der Waals surface area contributed by atoms with Gasteiger partial charge in [0.25, 0.3) is 5.91 Å². The maximum atomic E-state index is 13.8. The molecule has 3 rings (SSSR count). The quantitative estimate of drug-likeness (QED) is 0.111. The number of carboxylic acids is 1. The first-order valence-corrected chi connectivity index (χ1v) is 15.7. The van der Waals surface area contributed by atoms with Gasteiger partial charge in [0.05, 0.1) is 19.6 Å². The number of Topliss-reactive ketones (excluding diaryl/α,β-unsaturated/α-hetero) is 2. The molecule has 48 heavy (non-hydrogen) atoms. The molecule has 1 heterocycles. The molecule has 0 saturated carbocycles. The van der Waals surface area contributed by atoms with E-state index in [0.717, 1.165) is 11.6 Å². The van der Waals surface area contributed by atoms with E-state index < -0.39 is 59.4 Å². The number of ether oxygens (including phenoxy) is 4. The number of ketones is 2. The summed E-state index contributed by atoms with van der Waals surface area (Å²) in [6, 6.07) is 11.3. The number of hydrogen-bond acceptors (Lipinski definition) is 10. The van der Waals surface area contributed by atoms with Crippen LogP contribution in [0.2, 0.25) is 0 Å². The molecule has 1 N–H and O–H groups in total. The first-order valence-electron chi connectivity index (χ1n) is 15.7. The van der Waals surface area contributed by atoms with E-state index in [1.807, 2.05) is 12.1 Å². The largest absolute Gasteiger partial charge is 0.493 e. The van der Waals surface area contributed by atoms with E-state index in [9.17, 15) is 28.8 Å². The number of hydrogen-bond donors (Lipinski definition) is 1. The Labute approximate surface area is 280 Å². The predicted molar refractivity (Wildman–Crippen MR) is 173 cm³/mol. The summed E-state index contributed by atoms with van der Waals surface area (Å²) in [5.74, 6) is -3.67. The number of methoxy groups -OCH3 is 2. The second kappa shape index (κ2) is 17.2. The molecule has 0 spiro atoms. The van der Waals surface area contributed by atoms with Gasteiger partial charge in [-0.1, -0.05) is 36.9 Å². The first kappa shape index (κ1) is 37.5. The van der Waals surface area contributed by atoms with E-state index in [1.165, 1.54) is 33.0 Å². The van der Waals surface area contributed by atoms with Crippen molar-refractivity contribution in [2.24, 2.45) is 5.41 Å². The van der Waals surface area contributed by atoms with Gasteiger partial charge in [-0.2, -0.15) is 0 Å². The summed E-state index contributed by atoms with van der Waals surface area (Å²) < 4.78 is 21.9. The molecular formula is C36H43NO11. The van der Waals surface area contributed by atoms with E-state index in [4.69, 9.17) is 24.1 Å². The number of nitrogens with zero attached hydrogens (tertiary/aromatic N) is 1. The number of aryl methyl sites for hydroxylation is 1. The molecule has 1 saturated heterocycles. The highest BCUT2D eigenvalue weighted by Crippen LogP contribution is 2.32. The molecule has 0 radical (unpaired) electrons. The average molecular weight is 666 g/mol. The molecular weight excluding hydrogens is 622 g/mol. The van der Waals surface area contributed by atoms with Crippen LogP contribution in [0.25, 0.3) is 0 Å². The minimum absolute atomic E-state index is 0.110. The second-order valence-corrected chi connectivity index (χ2v) is 12.2. The minimum atomic E-state index is -1.35. The van der Waals surface area contributed by atoms with Gasteiger partial charge in [-0.25, -0.2) is 9.59 Å². The number of likely N-dealkylation sites (tertiary alicyclic amines) is 1. The third-order valence-corrected chi connectivity index (χ3v) is 8.06. The van der Waals surface area contributed by atoms with Gasteiger partial charge >= 0.3 is 17.9 Å². The molecule has 12 nitrogen and oxygen atoms in total. The standard InChI is InChI=1S/C36H43NO11/c1-6-32(41)47-22-36(2,3)33(42)34(43)37-17-8-7-12-27(37)35(44)48-28(15-13-23-14-16-29(45-4)30(20-23)46-5)25-11-9-10-24(18-25)19-26(38)21-31(39)40/h6,9-11,14,16,18,20,27-28H,1,7-8,12-13,15,17,19,21-22H2,2-5H3,(H,39,40)/t27-,28+/m0/s1. The monoisotopic (exact) mass is 665 g/mol. The van der Waals surface area contributed by atoms with Crippen molar-refractivity contribution in [3.63, 3.8) is 0 Å². The number of rotatable bonds is 17. The fraction of sp³-hybridized carbons (Fsp3) is 0.444. The normalized spacial score (nSPS) is 15.1. The lowest BCUT2D eigenvalue weighted by atomic mass is 9.87. The van der Waals surface area contributed by atoms with Crippen LogP contribution in [-0.4, -0.2) is 78.8 Å². The Hall–Kier alpha value is -5.00. The SMILES string of the molecule is C=CC(=O)OCC(C)(C)C(=O)C(=O)N1CCCC[C@H]1C(=O)O[C@H](CCc1ccc(OC)c(OC)c1)c1cccc(CC(=O)CC(=O)O)c1. The zero-order valence-corrected chi connectivity index (χ0v) is 27.8. The highest BCUT2D eigenvalue weighted by molar-refractivity contribution is 6.38. The van der Waals surface area contributed by atoms with Crippen molar-refractivity contribution in [1.82, 2.24) is 4.90 Å². The molecule has 1 aliphatic heterocycles. The Morgan fingerprint density at radius 2 is 1.73 bits per heavy atom. The Kier molecular flexibility index (Phi) is 13.5. The van der Waals surface area contributed by atoms with Crippen molar-refractivity contribution < 1.29 is 52.8 Å². The molecule has 1 fully saturated rings. The lowest BCUT2D eigenvalue weighted by Gasteiger charge is -2.36. The van der Waals surface area contributed by atoms with Crippen LogP contribution in [0.3, 0.4) is 0 Å². The zero-order valence-electron chi connectivity index (χ0n) is 27.8. The third kappa shape index (κ3) is 10.2. The molecule has 0 aliphatic carbocycles. The summed E-state index contributed by atoms with van der Waals surface area (Å²) in [6.07, 6.45) is 1.70. The highest BCUT2D eigenvalue weighted by Gasteiger charge is 2.42. The molecule has 1 aliphatic rings. The van der Waals surface area contributed by atoms with Gasteiger partial charge < -0.3 is 29.0 Å². The van der Waals surface area contributed by atoms with Crippen molar-refractivity contribution >= 4 is 35.4 Å². The molecule has 0 bridgehead atoms. The Bertz CT molecular complexity index is 1530. The van der Waals surface area contributed by atoms with Gasteiger partial charge in [0, 0.05) is 19.0 Å². The van der Waals surface area contributed by atoms with Gasteiger partial charge in [-0.3, -0.25) is 19.2 Å². The fourth-order valence-corrected chi connectivity index (χ4v) is 5.42. The molecule has 2 atom stereocenters. The van der Waals surface area contributed by atoms with Gasteiger partial charge in [-0.05, 0) is 74.8 Å².